The maximum absolute atomic E-state index is 12.6. The first kappa shape index (κ1) is 17.7. The van der Waals surface area contributed by atoms with Gasteiger partial charge < -0.3 is 5.32 Å². The van der Waals surface area contributed by atoms with Gasteiger partial charge in [0.1, 0.15) is 0 Å². The van der Waals surface area contributed by atoms with Gasteiger partial charge in [-0.25, -0.2) is 4.79 Å². The number of hydrogen-bond donors (Lipinski definition) is 1. The molecule has 0 fully saturated rings. The van der Waals surface area contributed by atoms with E-state index in [2.05, 4.69) is 5.32 Å². The van der Waals surface area contributed by atoms with Gasteiger partial charge in [-0.2, -0.15) is 0 Å². The monoisotopic (exact) mass is 351 g/mol. The van der Waals surface area contributed by atoms with Crippen LogP contribution in [0.2, 0.25) is 0 Å². The Labute approximate surface area is 151 Å². The molecule has 0 saturated carbocycles. The maximum atomic E-state index is 12.6. The molecule has 26 heavy (non-hydrogen) atoms. The van der Waals surface area contributed by atoms with Crippen LogP contribution >= 0.6 is 0 Å². The van der Waals surface area contributed by atoms with Gasteiger partial charge in [0, 0.05) is 25.1 Å². The van der Waals surface area contributed by atoms with Gasteiger partial charge in [-0.15, -0.1) is 0 Å². The second-order valence-corrected chi connectivity index (χ2v) is 6.07. The summed E-state index contributed by atoms with van der Waals surface area (Å²) in [7, 11) is 0. The van der Waals surface area contributed by atoms with Crippen molar-refractivity contribution in [3.05, 3.63) is 64.6 Å². The lowest BCUT2D eigenvalue weighted by Gasteiger charge is -2.09. The number of nitrogens with one attached hydrogen (secondary N) is 1. The number of aryl methyl sites for hydroxylation is 2. The number of carbonyl (C=O) groups is 2. The van der Waals surface area contributed by atoms with Crippen molar-refractivity contribution in [2.75, 3.05) is 5.32 Å². The number of anilines is 1. The molecule has 0 saturated heterocycles. The van der Waals surface area contributed by atoms with Crippen LogP contribution < -0.4 is 11.0 Å². The number of Topliss-reactive ketones (excluding diaryl/α,β-unsaturated/α-hetero) is 1. The average Bonchev–Trinajstić information content (AvgIpc) is 2.91. The number of nitrogens with zero attached hydrogens (tertiary/aromatic N) is 2. The van der Waals surface area contributed by atoms with E-state index in [1.807, 2.05) is 31.2 Å². The smallest absolute Gasteiger partial charge is 0.325 e. The number of amides is 1. The molecule has 0 aliphatic rings. The quantitative estimate of drug-likeness (QED) is 0.694. The first-order valence-electron chi connectivity index (χ1n) is 8.60. The molecular weight excluding hydrogens is 330 g/mol. The second-order valence-electron chi connectivity index (χ2n) is 6.07. The van der Waals surface area contributed by atoms with Gasteiger partial charge in [0.05, 0.1) is 16.7 Å². The molecule has 2 aromatic carbocycles. The topological polar surface area (TPSA) is 73.1 Å². The molecule has 0 unspecified atom stereocenters. The molecule has 0 atom stereocenters. The Bertz CT molecular complexity index is 1030. The molecular formula is C20H21N3O3. The van der Waals surface area contributed by atoms with Crippen molar-refractivity contribution in [2.24, 2.45) is 0 Å². The highest BCUT2D eigenvalue weighted by atomic mass is 16.2. The first-order valence-corrected chi connectivity index (χ1v) is 8.60. The Morgan fingerprint density at radius 2 is 1.58 bits per heavy atom. The number of ketones is 1. The molecule has 6 heteroatoms. The molecule has 1 heterocycles. The summed E-state index contributed by atoms with van der Waals surface area (Å²) in [6.45, 7) is 4.23. The fraction of sp³-hybridized carbons (Fsp3) is 0.250. The molecule has 3 rings (SSSR count). The summed E-state index contributed by atoms with van der Waals surface area (Å²) in [5.41, 5.74) is 2.53. The molecule has 3 aromatic rings. The molecule has 0 radical (unpaired) electrons. The molecule has 1 N–H and O–H groups in total. The van der Waals surface area contributed by atoms with Crippen LogP contribution in [0.5, 0.6) is 0 Å². The number of benzene rings is 2. The van der Waals surface area contributed by atoms with Crippen LogP contribution in [0.15, 0.2) is 53.3 Å². The lowest BCUT2D eigenvalue weighted by Crippen LogP contribution is -2.26. The predicted molar refractivity (Wildman–Crippen MR) is 102 cm³/mol. The van der Waals surface area contributed by atoms with Crippen LogP contribution in [-0.2, 0) is 17.9 Å². The van der Waals surface area contributed by atoms with Gasteiger partial charge in [0.2, 0.25) is 5.91 Å². The van der Waals surface area contributed by atoms with Crippen molar-refractivity contribution in [3.8, 4) is 0 Å². The van der Waals surface area contributed by atoms with Gasteiger partial charge in [0.15, 0.2) is 5.78 Å². The van der Waals surface area contributed by atoms with E-state index in [-0.39, 0.29) is 30.3 Å². The fourth-order valence-corrected chi connectivity index (χ4v) is 3.12. The highest BCUT2D eigenvalue weighted by Gasteiger charge is 2.14. The zero-order valence-electron chi connectivity index (χ0n) is 14.9. The summed E-state index contributed by atoms with van der Waals surface area (Å²) < 4.78 is 3.31. The predicted octanol–water partition coefficient (Wildman–Crippen LogP) is 3.05. The van der Waals surface area contributed by atoms with Crippen molar-refractivity contribution >= 4 is 28.4 Å². The van der Waals surface area contributed by atoms with E-state index in [1.54, 1.807) is 33.4 Å². The van der Waals surface area contributed by atoms with E-state index in [1.165, 1.54) is 6.92 Å². The van der Waals surface area contributed by atoms with Gasteiger partial charge in [-0.1, -0.05) is 24.3 Å². The van der Waals surface area contributed by atoms with E-state index < -0.39 is 0 Å². The Morgan fingerprint density at radius 1 is 0.962 bits per heavy atom. The maximum Gasteiger partial charge on any atom is 0.329 e. The van der Waals surface area contributed by atoms with Gasteiger partial charge in [-0.3, -0.25) is 18.7 Å². The van der Waals surface area contributed by atoms with Crippen molar-refractivity contribution in [1.29, 1.82) is 0 Å². The second kappa shape index (κ2) is 7.39. The zero-order chi connectivity index (χ0) is 18.7. The van der Waals surface area contributed by atoms with Crippen LogP contribution in [0.4, 0.5) is 5.69 Å². The van der Waals surface area contributed by atoms with Gasteiger partial charge in [-0.05, 0) is 38.1 Å². The third-order valence-corrected chi connectivity index (χ3v) is 4.38. The molecule has 0 aliphatic heterocycles. The Balaban J connectivity index is 1.79. The van der Waals surface area contributed by atoms with Crippen LogP contribution in [0, 0.1) is 0 Å². The molecule has 134 valence electrons. The normalized spacial score (nSPS) is 10.8. The lowest BCUT2D eigenvalue weighted by atomic mass is 10.1. The van der Waals surface area contributed by atoms with Crippen LogP contribution in [0.1, 0.15) is 30.6 Å². The van der Waals surface area contributed by atoms with E-state index >= 15 is 0 Å². The van der Waals surface area contributed by atoms with E-state index in [0.29, 0.717) is 17.8 Å². The molecule has 1 amide bonds. The summed E-state index contributed by atoms with van der Waals surface area (Å²) in [6.07, 6.45) is 0.143. The Hall–Kier alpha value is -3.15. The minimum absolute atomic E-state index is 0.108. The van der Waals surface area contributed by atoms with Crippen LogP contribution in [-0.4, -0.2) is 20.8 Å². The average molecular weight is 351 g/mol. The van der Waals surface area contributed by atoms with Gasteiger partial charge in [0.25, 0.3) is 0 Å². The lowest BCUT2D eigenvalue weighted by molar-refractivity contribution is -0.116. The van der Waals surface area contributed by atoms with Crippen LogP contribution in [0.3, 0.4) is 0 Å². The SMILES string of the molecule is CCn1c(=O)n(CCC(=O)Nc2ccccc2C(C)=O)c2ccccc21. The summed E-state index contributed by atoms with van der Waals surface area (Å²) in [6, 6.07) is 14.4. The summed E-state index contributed by atoms with van der Waals surface area (Å²) in [5, 5.41) is 2.77. The molecule has 0 aliphatic carbocycles. The molecule has 6 nitrogen and oxygen atoms in total. The third-order valence-electron chi connectivity index (χ3n) is 4.38. The number of aromatic nitrogens is 2. The number of hydrogen-bond acceptors (Lipinski definition) is 3. The van der Waals surface area contributed by atoms with Crippen molar-refractivity contribution in [1.82, 2.24) is 9.13 Å². The standard InChI is InChI=1S/C20H21N3O3/c1-3-22-17-10-6-7-11-18(17)23(20(22)26)13-12-19(25)21-16-9-5-4-8-15(16)14(2)24/h4-11H,3,12-13H2,1-2H3,(H,21,25). The minimum atomic E-state index is -0.237. The first-order chi connectivity index (χ1) is 12.5. The fourth-order valence-electron chi connectivity index (χ4n) is 3.12. The number of carbonyl (C=O) groups excluding carboxylic acids is 2. The largest absolute Gasteiger partial charge is 0.329 e. The summed E-state index contributed by atoms with van der Waals surface area (Å²) in [4.78, 5) is 36.6. The van der Waals surface area contributed by atoms with Crippen molar-refractivity contribution < 1.29 is 9.59 Å². The van der Waals surface area contributed by atoms with E-state index in [4.69, 9.17) is 0 Å². The van der Waals surface area contributed by atoms with Crippen molar-refractivity contribution in [2.45, 2.75) is 33.4 Å². The minimum Gasteiger partial charge on any atom is -0.325 e. The highest BCUT2D eigenvalue weighted by molar-refractivity contribution is 6.03. The van der Waals surface area contributed by atoms with Crippen molar-refractivity contribution in [3.63, 3.8) is 0 Å². The number of para-hydroxylation sites is 3. The number of fused-ring (bicyclic) bond motifs is 1. The third kappa shape index (κ3) is 3.31. The summed E-state index contributed by atoms with van der Waals surface area (Å²) >= 11 is 0. The summed E-state index contributed by atoms with van der Waals surface area (Å²) in [5.74, 6) is -0.345. The van der Waals surface area contributed by atoms with E-state index in [9.17, 15) is 14.4 Å². The molecule has 1 aromatic heterocycles. The zero-order valence-corrected chi connectivity index (χ0v) is 14.9. The number of rotatable bonds is 6. The Morgan fingerprint density at radius 3 is 2.23 bits per heavy atom. The highest BCUT2D eigenvalue weighted by Crippen LogP contribution is 2.16. The molecule has 0 spiro atoms. The molecule has 0 bridgehead atoms. The van der Waals surface area contributed by atoms with E-state index in [0.717, 1.165) is 11.0 Å². The Kier molecular flexibility index (Phi) is 5.02. The van der Waals surface area contributed by atoms with Crippen LogP contribution in [0.25, 0.3) is 11.0 Å². The number of imidazole rings is 1. The van der Waals surface area contributed by atoms with Gasteiger partial charge >= 0.3 is 5.69 Å².